The summed E-state index contributed by atoms with van der Waals surface area (Å²) in [4.78, 5) is 46.9. The number of hydrogen-bond donors (Lipinski definition) is 29. The summed E-state index contributed by atoms with van der Waals surface area (Å²) in [7, 11) is 11.1. The normalized spacial score (nSPS) is 37.4. The maximum atomic E-state index is 11.3. The second-order valence-corrected chi connectivity index (χ2v) is 33.5. The zero-order valence-electron chi connectivity index (χ0n) is 79.6. The van der Waals surface area contributed by atoms with Gasteiger partial charge in [-0.05, 0) is 118 Å². The van der Waals surface area contributed by atoms with Gasteiger partial charge in [-0.3, -0.25) is 44.0 Å². The molecule has 52 heteroatoms. The van der Waals surface area contributed by atoms with Crippen LogP contribution in [0.4, 0.5) is 0 Å². The number of amides is 1. The summed E-state index contributed by atoms with van der Waals surface area (Å²) in [5.74, 6) is -0.364. The van der Waals surface area contributed by atoms with Gasteiger partial charge in [-0.1, -0.05) is 7.43 Å². The predicted octanol–water partition coefficient (Wildman–Crippen LogP) is -11.8. The Labute approximate surface area is 768 Å². The molecule has 0 aromatic rings. The van der Waals surface area contributed by atoms with Gasteiger partial charge in [0.2, 0.25) is 5.91 Å². The van der Waals surface area contributed by atoms with Crippen molar-refractivity contribution in [2.75, 3.05) is 103 Å². The van der Waals surface area contributed by atoms with E-state index >= 15 is 0 Å². The van der Waals surface area contributed by atoms with Gasteiger partial charge in [-0.15, -0.1) is 0 Å². The third-order valence-electron chi connectivity index (χ3n) is 21.0. The fourth-order valence-corrected chi connectivity index (χ4v) is 14.1. The van der Waals surface area contributed by atoms with E-state index in [-0.39, 0.29) is 88.1 Å². The summed E-state index contributed by atoms with van der Waals surface area (Å²) in [6.07, 6.45) is -37.4. The van der Waals surface area contributed by atoms with Crippen LogP contribution in [-0.2, 0) is 76.6 Å². The average molecular weight is 1930 g/mol. The van der Waals surface area contributed by atoms with Crippen molar-refractivity contribution in [2.24, 2.45) is 0 Å². The highest BCUT2D eigenvalue weighted by Gasteiger charge is 2.53. The van der Waals surface area contributed by atoms with Gasteiger partial charge < -0.3 is 181 Å². The molecular formula is C79H169N9O43. The summed E-state index contributed by atoms with van der Waals surface area (Å²) >= 11 is 0. The van der Waals surface area contributed by atoms with Crippen LogP contribution in [0.25, 0.3) is 0 Å². The van der Waals surface area contributed by atoms with Gasteiger partial charge in [-0.25, -0.2) is 0 Å². The van der Waals surface area contributed by atoms with E-state index in [1.807, 2.05) is 111 Å². The Morgan fingerprint density at radius 2 is 0.511 bits per heavy atom. The monoisotopic (exact) mass is 1930 g/mol. The molecule has 8 saturated heterocycles. The van der Waals surface area contributed by atoms with Crippen molar-refractivity contribution in [3.63, 3.8) is 0 Å². The highest BCUT2D eigenvalue weighted by molar-refractivity contribution is 5.73. The van der Waals surface area contributed by atoms with Gasteiger partial charge >= 0.3 is 0 Å². The predicted molar refractivity (Wildman–Crippen MR) is 457 cm³/mol. The standard InChI is InChI=1S/C12H24N2O6.2C10H21NO6.C10H21NO5.3C9H19NO5.C8H17NO4.CH4O.CH4/c1-6(2)14(19-4)12-9(13-7(3)16)11(18)10(17)8(5-15)20-12;2*1-5(2)11(16-3)10-9(15)8(14)7(13)6(4-12)17-10;1-5(2)11(15-4)10-9(14)8(13)7(12)6(3)16-10;3*1-5(2)10(14-3)9-8(13)7(12)6(11)4-15-9;1-4(2)9-8-7(12)6(11)5(10)3-13-8;1-2;/h6,8-12,15,17-18H,5H2,1-4H3,(H,13,16);2*5-10,12-15H,4H2,1-3H3;5-10,12-14H,1-4H3;3*5-9,11-13H,4H2,1-3H3;4-12H,3H2,1-2H3;2H,1H3;1H4/t8?,9?,10-,11-,12+;3*6?,7-,8-,9?,10?;2*6-,7+,8?,9?;6-,7+,8?,9-;5-,6-,7?,8-;;/m10001010../s1. The lowest BCUT2D eigenvalue weighted by Crippen LogP contribution is -2.68. The van der Waals surface area contributed by atoms with Crippen LogP contribution >= 0.6 is 0 Å². The number of hydroxylamine groups is 14. The molecule has 36 atom stereocenters. The summed E-state index contributed by atoms with van der Waals surface area (Å²) < 4.78 is 42.5. The quantitative estimate of drug-likeness (QED) is 0.0340. The van der Waals surface area contributed by atoms with Gasteiger partial charge in [-0.2, -0.15) is 35.4 Å². The van der Waals surface area contributed by atoms with Crippen molar-refractivity contribution in [3.05, 3.63) is 0 Å². The van der Waals surface area contributed by atoms with Gasteiger partial charge in [0.05, 0.1) is 108 Å². The molecule has 0 aliphatic carbocycles. The minimum absolute atomic E-state index is 0. The lowest BCUT2D eigenvalue weighted by atomic mass is 9.95. The molecule has 8 rings (SSSR count). The minimum Gasteiger partial charge on any atom is -0.400 e. The van der Waals surface area contributed by atoms with Crippen molar-refractivity contribution in [1.82, 2.24) is 46.1 Å². The number of aliphatic hydroxyl groups is 27. The van der Waals surface area contributed by atoms with Crippen LogP contribution in [0.15, 0.2) is 0 Å². The fourth-order valence-electron chi connectivity index (χ4n) is 14.1. The number of nitrogens with one attached hydrogen (secondary N) is 2. The van der Waals surface area contributed by atoms with E-state index in [1.54, 1.807) is 6.92 Å². The Morgan fingerprint density at radius 1 is 0.298 bits per heavy atom. The molecule has 52 nitrogen and oxygen atoms in total. The second kappa shape index (κ2) is 64.7. The molecule has 8 fully saturated rings. The molecule has 0 spiro atoms. The minimum atomic E-state index is -1.39. The highest BCUT2D eigenvalue weighted by Crippen LogP contribution is 2.32. The van der Waals surface area contributed by atoms with E-state index in [4.69, 9.17) is 92.2 Å². The van der Waals surface area contributed by atoms with Crippen LogP contribution in [-0.4, -0.2) is 551 Å². The first-order chi connectivity index (χ1) is 60.6. The molecule has 0 radical (unpaired) electrons. The molecule has 29 N–H and O–H groups in total. The number of hydrogen-bond acceptors (Lipinski definition) is 51. The molecule has 0 aromatic heterocycles. The smallest absolute Gasteiger partial charge is 0.217 e. The van der Waals surface area contributed by atoms with E-state index in [1.165, 1.54) is 92.1 Å². The van der Waals surface area contributed by atoms with E-state index in [0.717, 1.165) is 7.11 Å². The van der Waals surface area contributed by atoms with E-state index in [9.17, 15) is 122 Å². The number of ether oxygens (including phenoxy) is 8. The van der Waals surface area contributed by atoms with Crippen molar-refractivity contribution in [1.29, 1.82) is 0 Å². The number of carbonyl (C=O) groups excluding carboxylic acids is 1. The third-order valence-corrected chi connectivity index (χ3v) is 21.0. The molecule has 0 aromatic carbocycles. The molecule has 131 heavy (non-hydrogen) atoms. The maximum Gasteiger partial charge on any atom is 0.217 e. The van der Waals surface area contributed by atoms with Crippen LogP contribution in [0.3, 0.4) is 0 Å². The number of nitrogens with zero attached hydrogens (tertiary/aromatic N) is 7. The van der Waals surface area contributed by atoms with Crippen molar-refractivity contribution >= 4 is 5.91 Å². The van der Waals surface area contributed by atoms with Crippen molar-refractivity contribution in [2.45, 2.75) is 401 Å². The molecule has 8 aliphatic rings. The Morgan fingerprint density at radius 3 is 0.756 bits per heavy atom. The van der Waals surface area contributed by atoms with E-state index < -0.39 is 240 Å². The zero-order valence-corrected chi connectivity index (χ0v) is 79.6. The summed E-state index contributed by atoms with van der Waals surface area (Å²) in [5, 5.41) is 270. The van der Waals surface area contributed by atoms with Gasteiger partial charge in [0.1, 0.15) is 165 Å². The van der Waals surface area contributed by atoms with Crippen LogP contribution in [0.2, 0.25) is 0 Å². The first-order valence-electron chi connectivity index (χ1n) is 42.9. The third kappa shape index (κ3) is 38.1. The van der Waals surface area contributed by atoms with E-state index in [0.29, 0.717) is 0 Å². The Balaban J connectivity index is 0. The lowest BCUT2D eigenvalue weighted by Gasteiger charge is -2.46. The largest absolute Gasteiger partial charge is 0.400 e. The molecule has 17 unspecified atom stereocenters. The van der Waals surface area contributed by atoms with Crippen LogP contribution in [0, 0.1) is 0 Å². The molecule has 8 aliphatic heterocycles. The Kier molecular flexibility index (Phi) is 64.5. The zero-order chi connectivity index (χ0) is 101. The molecule has 8 heterocycles. The first kappa shape index (κ1) is 131. The van der Waals surface area contributed by atoms with Gasteiger partial charge in [0, 0.05) is 62.4 Å². The summed E-state index contributed by atoms with van der Waals surface area (Å²) in [5.41, 5.74) is 0. The maximum absolute atomic E-state index is 11.3. The Hall–Kier alpha value is -2.53. The summed E-state index contributed by atoms with van der Waals surface area (Å²) in [6, 6.07) is -1.02. The fraction of sp³-hybridized carbons (Fsp3) is 0.987. The number of aliphatic hydroxyl groups excluding tert-OH is 27. The first-order valence-corrected chi connectivity index (χ1v) is 42.9. The molecule has 1 amide bonds. The van der Waals surface area contributed by atoms with Crippen LogP contribution < -0.4 is 10.6 Å². The van der Waals surface area contributed by atoms with Gasteiger partial charge in [0.15, 0.2) is 43.6 Å². The Bertz CT molecular complexity index is 2740. The topological polar surface area (TPSA) is 748 Å². The number of rotatable bonds is 27. The molecule has 0 saturated carbocycles. The summed E-state index contributed by atoms with van der Waals surface area (Å²) in [6.45, 7) is 31.4. The highest BCUT2D eigenvalue weighted by atomic mass is 16.8. The van der Waals surface area contributed by atoms with Crippen LogP contribution in [0.5, 0.6) is 0 Å². The second-order valence-electron chi connectivity index (χ2n) is 33.5. The molecule has 0 bridgehead atoms. The van der Waals surface area contributed by atoms with Crippen molar-refractivity contribution in [3.8, 4) is 0 Å². The SMILES string of the molecule is C.CC(C)N[C@H]1OC[C@H](O)[C@H](O)C1O.CO.CON(C(C)C)C1OC(C)[C@H](O)[C@H](O)C1O.CON(C(C)C)C1OC(CO)[C@H](O)[C@H](O)C1O.CON(C(C)C)C1OC(CO)[C@H](O)[C@H](O)C1O.CON(C(C)C)C1OC[C@@H](O)[C@H](O)C1O.CON(C(C)C)C1OC[C@H](O)[C@@H](O)C1O.CON(C(C)C)[C@@H]1OC[C@@H](O)[C@H](O)C1O.CON(C(C)C)[C@H]1OC(CO)[C@@H](O)[C@H](O)C1NC(C)=O. The average Bonchev–Trinajstić information content (AvgIpc) is 0.798. The molecular weight excluding hydrogens is 1760 g/mol. The lowest BCUT2D eigenvalue weighted by molar-refractivity contribution is -0.336. The van der Waals surface area contributed by atoms with Crippen LogP contribution in [0.1, 0.15) is 132 Å². The van der Waals surface area contributed by atoms with Gasteiger partial charge in [0.25, 0.3) is 0 Å². The van der Waals surface area contributed by atoms with E-state index in [2.05, 4.69) is 10.6 Å². The number of carbonyl (C=O) groups is 1. The van der Waals surface area contributed by atoms with Crippen molar-refractivity contribution < 1.29 is 214 Å². The molecule has 788 valence electrons.